The molecule has 0 saturated carbocycles. The summed E-state index contributed by atoms with van der Waals surface area (Å²) in [5.74, 6) is 0. The molecule has 4 heteroatoms. The Morgan fingerprint density at radius 3 is 2.40 bits per heavy atom. The van der Waals surface area contributed by atoms with Gasteiger partial charge in [-0.25, -0.2) is 0 Å². The molecule has 1 aliphatic heterocycles. The van der Waals surface area contributed by atoms with E-state index in [2.05, 4.69) is 11.9 Å². The minimum Gasteiger partial charge on any atom is -0.608 e. The molecule has 0 radical (unpaired) electrons. The minimum absolute atomic E-state index is 0.455. The van der Waals surface area contributed by atoms with Gasteiger partial charge in [0.2, 0.25) is 21.2 Å². The summed E-state index contributed by atoms with van der Waals surface area (Å²) in [4.78, 5) is 2.29. The van der Waals surface area contributed by atoms with Crippen LogP contribution in [-0.2, 0) is 8.35 Å². The average Bonchev–Trinajstić information content (AvgIpc) is 1.88. The zero-order valence-electron chi connectivity index (χ0n) is 6.05. The summed E-state index contributed by atoms with van der Waals surface area (Å²) in [6, 6.07) is 0. The van der Waals surface area contributed by atoms with Crippen LogP contribution in [0.3, 0.4) is 0 Å². The highest BCUT2D eigenvalue weighted by Gasteiger charge is 2.24. The van der Waals surface area contributed by atoms with Gasteiger partial charge >= 0.3 is 0 Å². The smallest absolute Gasteiger partial charge is 0.248 e. The predicted octanol–water partition coefficient (Wildman–Crippen LogP) is 1.18. The van der Waals surface area contributed by atoms with Crippen LogP contribution >= 0.6 is 21.2 Å². The van der Waals surface area contributed by atoms with Gasteiger partial charge in [0.25, 0.3) is 0 Å². The van der Waals surface area contributed by atoms with Gasteiger partial charge in [0.1, 0.15) is 5.25 Å². The molecule has 1 unspecified atom stereocenters. The van der Waals surface area contributed by atoms with Crippen LogP contribution in [-0.4, -0.2) is 34.8 Å². The van der Waals surface area contributed by atoms with E-state index in [1.807, 2.05) is 21.2 Å². The molecular formula is C6H12INOS. The van der Waals surface area contributed by atoms with Crippen LogP contribution in [0.15, 0.2) is 0 Å². The van der Waals surface area contributed by atoms with Gasteiger partial charge in [-0.3, -0.25) is 0 Å². The first-order chi connectivity index (χ1) is 4.70. The lowest BCUT2D eigenvalue weighted by Crippen LogP contribution is -2.35. The zero-order valence-corrected chi connectivity index (χ0v) is 9.02. The van der Waals surface area contributed by atoms with E-state index in [-0.39, 0.29) is 0 Å². The predicted molar refractivity (Wildman–Crippen MR) is 52.7 cm³/mol. The quantitative estimate of drug-likeness (QED) is 0.529. The van der Waals surface area contributed by atoms with Crippen molar-refractivity contribution in [3.8, 4) is 0 Å². The van der Waals surface area contributed by atoms with E-state index in [0.717, 1.165) is 25.9 Å². The fourth-order valence-electron chi connectivity index (χ4n) is 1.17. The van der Waals surface area contributed by atoms with Gasteiger partial charge in [-0.15, -0.1) is 0 Å². The molecule has 0 N–H and O–H groups in total. The molecule has 0 amide bonds. The molecule has 1 fully saturated rings. The number of nitrogens with zero attached hydrogens (tertiary/aromatic N) is 1. The van der Waals surface area contributed by atoms with Gasteiger partial charge < -0.3 is 9.45 Å². The Bertz CT molecular complexity index is 104. The molecule has 0 aromatic carbocycles. The summed E-state index contributed by atoms with van der Waals surface area (Å²) in [5, 5.41) is 0.455. The first kappa shape index (κ1) is 9.09. The summed E-state index contributed by atoms with van der Waals surface area (Å²) in [6.07, 6.45) is 2.21. The lowest BCUT2D eigenvalue weighted by molar-refractivity contribution is 0.279. The average molecular weight is 273 g/mol. The summed E-state index contributed by atoms with van der Waals surface area (Å²) >= 11 is 2.02. The standard InChI is InChI=1S/C6H12INOS/c1-8-4-2-6(3-5-8)10(7)9/h6H,2-5H2,1H3. The Balaban J connectivity index is 2.26. The van der Waals surface area contributed by atoms with Crippen LogP contribution in [0.1, 0.15) is 12.8 Å². The number of hydrogen-bond donors (Lipinski definition) is 0. The monoisotopic (exact) mass is 273 g/mol. The number of hydrogen-bond acceptors (Lipinski definition) is 2. The van der Waals surface area contributed by atoms with Crippen molar-refractivity contribution in [1.29, 1.82) is 0 Å². The Labute approximate surface area is 77.1 Å². The molecule has 60 valence electrons. The number of rotatable bonds is 1. The Hall–Kier alpha value is 1.00. The Morgan fingerprint density at radius 1 is 1.50 bits per heavy atom. The van der Waals surface area contributed by atoms with Gasteiger partial charge in [0, 0.05) is 34.3 Å². The van der Waals surface area contributed by atoms with Crippen molar-refractivity contribution in [2.75, 3.05) is 20.1 Å². The number of likely N-dealkylation sites (tertiary alicyclic amines) is 1. The van der Waals surface area contributed by atoms with Crippen LogP contribution in [0.5, 0.6) is 0 Å². The molecule has 1 aliphatic rings. The largest absolute Gasteiger partial charge is 0.608 e. The van der Waals surface area contributed by atoms with E-state index in [1.54, 1.807) is 0 Å². The summed E-state index contributed by atoms with van der Waals surface area (Å²) in [6.45, 7) is 2.22. The van der Waals surface area contributed by atoms with E-state index in [4.69, 9.17) is 0 Å². The van der Waals surface area contributed by atoms with Gasteiger partial charge in [-0.1, -0.05) is 0 Å². The second-order valence-corrected chi connectivity index (χ2v) is 6.52. The molecule has 2 nitrogen and oxygen atoms in total. The fraction of sp³-hybridized carbons (Fsp3) is 1.00. The zero-order chi connectivity index (χ0) is 7.56. The van der Waals surface area contributed by atoms with E-state index in [1.165, 1.54) is 0 Å². The lowest BCUT2D eigenvalue weighted by atomic mass is 10.1. The van der Waals surface area contributed by atoms with Crippen molar-refractivity contribution in [2.45, 2.75) is 18.1 Å². The molecule has 1 saturated heterocycles. The van der Waals surface area contributed by atoms with Crippen molar-refractivity contribution in [2.24, 2.45) is 0 Å². The van der Waals surface area contributed by atoms with Crippen LogP contribution in [0.4, 0.5) is 0 Å². The Kier molecular flexibility index (Phi) is 3.76. The highest BCUT2D eigenvalue weighted by molar-refractivity contribution is 14.2. The summed E-state index contributed by atoms with van der Waals surface area (Å²) in [5.41, 5.74) is 0. The molecule has 0 bridgehead atoms. The molecule has 1 heterocycles. The van der Waals surface area contributed by atoms with E-state index >= 15 is 0 Å². The first-order valence-electron chi connectivity index (χ1n) is 3.45. The van der Waals surface area contributed by atoms with Gasteiger partial charge in [-0.05, 0) is 7.05 Å². The third-order valence-electron chi connectivity index (χ3n) is 1.93. The maximum Gasteiger partial charge on any atom is 0.248 e. The first-order valence-corrected chi connectivity index (χ1v) is 7.21. The molecular weight excluding hydrogens is 261 g/mol. The summed E-state index contributed by atoms with van der Waals surface area (Å²) < 4.78 is 11.0. The van der Waals surface area contributed by atoms with Crippen LogP contribution in [0, 0.1) is 0 Å². The molecule has 0 aromatic rings. The molecule has 1 atom stereocenters. The van der Waals surface area contributed by atoms with E-state index in [9.17, 15) is 4.55 Å². The topological polar surface area (TPSA) is 26.3 Å². The van der Waals surface area contributed by atoms with Gasteiger partial charge in [0.15, 0.2) is 0 Å². The molecule has 0 spiro atoms. The second kappa shape index (κ2) is 4.13. The van der Waals surface area contributed by atoms with Gasteiger partial charge in [0.05, 0.1) is 0 Å². The van der Waals surface area contributed by atoms with Crippen molar-refractivity contribution >= 4 is 29.6 Å². The third kappa shape index (κ3) is 2.56. The summed E-state index contributed by atoms with van der Waals surface area (Å²) in [7, 11) is 1.49. The van der Waals surface area contributed by atoms with E-state index in [0.29, 0.717) is 5.25 Å². The Morgan fingerprint density at radius 2 is 2.00 bits per heavy atom. The van der Waals surface area contributed by atoms with E-state index < -0.39 is 8.35 Å². The van der Waals surface area contributed by atoms with Crippen molar-refractivity contribution in [1.82, 2.24) is 4.90 Å². The van der Waals surface area contributed by atoms with Crippen LogP contribution in [0.25, 0.3) is 0 Å². The number of halogens is 1. The van der Waals surface area contributed by atoms with Crippen molar-refractivity contribution < 1.29 is 4.55 Å². The molecule has 0 aliphatic carbocycles. The molecule has 10 heavy (non-hydrogen) atoms. The van der Waals surface area contributed by atoms with Gasteiger partial charge in [-0.2, -0.15) is 0 Å². The van der Waals surface area contributed by atoms with Crippen molar-refractivity contribution in [3.63, 3.8) is 0 Å². The third-order valence-corrected chi connectivity index (χ3v) is 5.08. The SMILES string of the molecule is CN1CCC([S+]([O-])I)CC1. The minimum atomic E-state index is -0.624. The van der Waals surface area contributed by atoms with Crippen molar-refractivity contribution in [3.05, 3.63) is 0 Å². The normalized spacial score (nSPS) is 26.7. The number of piperidine rings is 1. The second-order valence-electron chi connectivity index (χ2n) is 2.75. The molecule has 0 aromatic heterocycles. The maximum atomic E-state index is 11.0. The maximum absolute atomic E-state index is 11.0. The van der Waals surface area contributed by atoms with Crippen LogP contribution < -0.4 is 0 Å². The highest BCUT2D eigenvalue weighted by Crippen LogP contribution is 2.21. The molecule has 1 rings (SSSR count). The fourth-order valence-corrected chi connectivity index (χ4v) is 3.28. The highest BCUT2D eigenvalue weighted by atomic mass is 127. The van der Waals surface area contributed by atoms with Crippen LogP contribution in [0.2, 0.25) is 0 Å². The lowest BCUT2D eigenvalue weighted by Gasteiger charge is -2.27.